The second-order valence-electron chi connectivity index (χ2n) is 3.39. The Kier molecular flexibility index (Phi) is 5.42. The van der Waals surface area contributed by atoms with Gasteiger partial charge in [0.2, 0.25) is 0 Å². The third-order valence-corrected chi connectivity index (χ3v) is 2.10. The maximum Gasteiger partial charge on any atom is 0.334 e. The van der Waals surface area contributed by atoms with Crippen molar-refractivity contribution in [3.05, 3.63) is 35.9 Å². The van der Waals surface area contributed by atoms with Gasteiger partial charge < -0.3 is 15.2 Å². The molecule has 0 heterocycles. The summed E-state index contributed by atoms with van der Waals surface area (Å²) in [5, 5.41) is 11.0. The fraction of sp³-hybridized carbons (Fsp3) is 0.231. The molecule has 0 radical (unpaired) electrons. The number of nitrogens with one attached hydrogen (secondary N) is 1. The van der Waals surface area contributed by atoms with Crippen LogP contribution in [0.3, 0.4) is 0 Å². The fourth-order valence-electron chi connectivity index (χ4n) is 1.15. The first-order valence-corrected chi connectivity index (χ1v) is 5.24. The van der Waals surface area contributed by atoms with E-state index in [0.717, 1.165) is 0 Å². The summed E-state index contributed by atoms with van der Waals surface area (Å²) in [6, 6.07) is 9.02. The molecule has 0 aliphatic carbocycles. The summed E-state index contributed by atoms with van der Waals surface area (Å²) in [4.78, 5) is 21.9. The molecule has 1 aromatic carbocycles. The number of amides is 1. The van der Waals surface area contributed by atoms with Gasteiger partial charge in [0, 0.05) is 18.6 Å². The molecule has 0 spiro atoms. The van der Waals surface area contributed by atoms with Gasteiger partial charge in [0.05, 0.1) is 6.54 Å². The third-order valence-electron chi connectivity index (χ3n) is 2.10. The Hall–Kier alpha value is -2.32. The molecule has 1 atom stereocenters. The molecule has 0 fully saturated rings. The normalized spacial score (nSPS) is 10.9. The van der Waals surface area contributed by atoms with Crippen molar-refractivity contribution in [2.45, 2.75) is 6.10 Å². The minimum Gasteiger partial charge on any atom is -0.479 e. The monoisotopic (exact) mass is 247 g/mol. The van der Waals surface area contributed by atoms with E-state index >= 15 is 0 Å². The number of carbonyl (C=O) groups excluding carboxylic acids is 1. The Labute approximate surface area is 105 Å². The number of methoxy groups -OCH3 is 1. The number of carbonyl (C=O) groups is 2. The van der Waals surface area contributed by atoms with E-state index in [-0.39, 0.29) is 6.54 Å². The summed E-state index contributed by atoms with van der Waals surface area (Å²) in [6.45, 7) is -0.117. The Balaban J connectivity index is 2.48. The highest BCUT2D eigenvalue weighted by atomic mass is 16.5. The molecule has 0 aromatic heterocycles. The second-order valence-corrected chi connectivity index (χ2v) is 3.39. The van der Waals surface area contributed by atoms with Crippen molar-refractivity contribution < 1.29 is 19.4 Å². The van der Waals surface area contributed by atoms with E-state index < -0.39 is 18.0 Å². The third kappa shape index (κ3) is 4.68. The van der Waals surface area contributed by atoms with Gasteiger partial charge in [-0.3, -0.25) is 4.79 Å². The molecule has 5 nitrogen and oxygen atoms in total. The summed E-state index contributed by atoms with van der Waals surface area (Å²) in [6.07, 6.45) is -1.06. The van der Waals surface area contributed by atoms with Crippen LogP contribution < -0.4 is 5.32 Å². The van der Waals surface area contributed by atoms with Crippen molar-refractivity contribution >= 4 is 11.9 Å². The van der Waals surface area contributed by atoms with Gasteiger partial charge >= 0.3 is 5.97 Å². The SMILES string of the molecule is COC(CNC(=O)C#Cc1ccccc1)C(=O)O. The predicted molar refractivity (Wildman–Crippen MR) is 64.8 cm³/mol. The van der Waals surface area contributed by atoms with Crippen LogP contribution in [0.5, 0.6) is 0 Å². The van der Waals surface area contributed by atoms with Crippen molar-refractivity contribution in [1.82, 2.24) is 5.32 Å². The van der Waals surface area contributed by atoms with Crippen molar-refractivity contribution in [3.8, 4) is 11.8 Å². The molecular formula is C13H13NO4. The Bertz CT molecular complexity index is 473. The number of carboxylic acid groups (broad SMARTS) is 1. The van der Waals surface area contributed by atoms with Crippen LogP contribution in [0.15, 0.2) is 30.3 Å². The van der Waals surface area contributed by atoms with Gasteiger partial charge in [-0.15, -0.1) is 0 Å². The summed E-state index contributed by atoms with van der Waals surface area (Å²) in [5.41, 5.74) is 0.717. The van der Waals surface area contributed by atoms with Crippen molar-refractivity contribution in [3.63, 3.8) is 0 Å². The lowest BCUT2D eigenvalue weighted by Crippen LogP contribution is -2.37. The van der Waals surface area contributed by atoms with Crippen molar-refractivity contribution in [1.29, 1.82) is 0 Å². The molecule has 0 saturated heterocycles. The van der Waals surface area contributed by atoms with Crippen LogP contribution in [0, 0.1) is 11.8 Å². The molecule has 2 N–H and O–H groups in total. The fourth-order valence-corrected chi connectivity index (χ4v) is 1.15. The summed E-state index contributed by atoms with van der Waals surface area (Å²) >= 11 is 0. The Morgan fingerprint density at radius 2 is 2.06 bits per heavy atom. The average Bonchev–Trinajstić information content (AvgIpc) is 2.38. The van der Waals surface area contributed by atoms with Crippen LogP contribution in [-0.4, -0.2) is 36.7 Å². The predicted octanol–water partition coefficient (Wildman–Crippen LogP) is 0.254. The standard InChI is InChI=1S/C13H13NO4/c1-18-11(13(16)17)9-14-12(15)8-7-10-5-3-2-4-6-10/h2-6,11H,9H2,1H3,(H,14,15)(H,16,17). The zero-order chi connectivity index (χ0) is 13.4. The molecule has 1 unspecified atom stereocenters. The van der Waals surface area contributed by atoms with Gasteiger partial charge in [0.25, 0.3) is 5.91 Å². The Morgan fingerprint density at radius 3 is 2.61 bits per heavy atom. The molecule has 1 amide bonds. The number of benzene rings is 1. The zero-order valence-electron chi connectivity index (χ0n) is 9.84. The average molecular weight is 247 g/mol. The first-order valence-electron chi connectivity index (χ1n) is 5.24. The lowest BCUT2D eigenvalue weighted by Gasteiger charge is -2.09. The summed E-state index contributed by atoms with van der Waals surface area (Å²) < 4.78 is 4.66. The zero-order valence-corrected chi connectivity index (χ0v) is 9.84. The minimum absolute atomic E-state index is 0.117. The smallest absolute Gasteiger partial charge is 0.334 e. The number of ether oxygens (including phenoxy) is 1. The maximum absolute atomic E-state index is 11.3. The number of aliphatic carboxylic acids is 1. The molecule has 0 bridgehead atoms. The number of rotatable bonds is 4. The van der Waals surface area contributed by atoms with Crippen molar-refractivity contribution in [2.75, 3.05) is 13.7 Å². The molecule has 1 rings (SSSR count). The molecule has 1 aromatic rings. The maximum atomic E-state index is 11.3. The number of carboxylic acids is 1. The molecule has 0 aliphatic heterocycles. The van der Waals surface area contributed by atoms with E-state index in [1.54, 1.807) is 12.1 Å². The second kappa shape index (κ2) is 7.09. The van der Waals surface area contributed by atoms with Gasteiger partial charge in [0.1, 0.15) is 0 Å². The van der Waals surface area contributed by atoms with Gasteiger partial charge in [-0.05, 0) is 12.1 Å². The van der Waals surface area contributed by atoms with Crippen LogP contribution in [0.25, 0.3) is 0 Å². The van der Waals surface area contributed by atoms with Crippen LogP contribution in [0.4, 0.5) is 0 Å². The molecule has 94 valence electrons. The quantitative estimate of drug-likeness (QED) is 0.748. The van der Waals surface area contributed by atoms with Gasteiger partial charge in [0.15, 0.2) is 6.10 Å². The highest BCUT2D eigenvalue weighted by Gasteiger charge is 2.16. The molecule has 0 saturated carbocycles. The van der Waals surface area contributed by atoms with E-state index in [1.807, 2.05) is 18.2 Å². The van der Waals surface area contributed by atoms with E-state index in [1.165, 1.54) is 7.11 Å². The molecule has 18 heavy (non-hydrogen) atoms. The van der Waals surface area contributed by atoms with E-state index in [4.69, 9.17) is 5.11 Å². The lowest BCUT2D eigenvalue weighted by atomic mass is 10.2. The lowest BCUT2D eigenvalue weighted by molar-refractivity contribution is -0.148. The van der Waals surface area contributed by atoms with Crippen LogP contribution in [0.1, 0.15) is 5.56 Å². The minimum atomic E-state index is -1.13. The highest BCUT2D eigenvalue weighted by Crippen LogP contribution is 1.94. The van der Waals surface area contributed by atoms with E-state index in [9.17, 15) is 9.59 Å². The van der Waals surface area contributed by atoms with Crippen LogP contribution in [-0.2, 0) is 14.3 Å². The van der Waals surface area contributed by atoms with Gasteiger partial charge in [-0.1, -0.05) is 24.1 Å². The Morgan fingerprint density at radius 1 is 1.39 bits per heavy atom. The van der Waals surface area contributed by atoms with Crippen LogP contribution in [0.2, 0.25) is 0 Å². The number of hydrogen-bond acceptors (Lipinski definition) is 3. The topological polar surface area (TPSA) is 75.6 Å². The molecular weight excluding hydrogens is 234 g/mol. The van der Waals surface area contributed by atoms with Crippen molar-refractivity contribution in [2.24, 2.45) is 0 Å². The first kappa shape index (κ1) is 13.7. The van der Waals surface area contributed by atoms with Gasteiger partial charge in [-0.2, -0.15) is 0 Å². The highest BCUT2D eigenvalue weighted by molar-refractivity contribution is 5.94. The largest absolute Gasteiger partial charge is 0.479 e. The summed E-state index contributed by atoms with van der Waals surface area (Å²) in [7, 11) is 1.26. The van der Waals surface area contributed by atoms with E-state index in [0.29, 0.717) is 5.56 Å². The molecule has 5 heteroatoms. The van der Waals surface area contributed by atoms with Crippen LogP contribution >= 0.6 is 0 Å². The number of hydrogen-bond donors (Lipinski definition) is 2. The first-order chi connectivity index (χ1) is 8.63. The molecule has 0 aliphatic rings. The summed E-state index contributed by atoms with van der Waals surface area (Å²) in [5.74, 6) is 3.36. The van der Waals surface area contributed by atoms with E-state index in [2.05, 4.69) is 21.9 Å². The van der Waals surface area contributed by atoms with Gasteiger partial charge in [-0.25, -0.2) is 4.79 Å².